The number of hydrogen-bond donors (Lipinski definition) is 1. The van der Waals surface area contributed by atoms with Gasteiger partial charge in [0.25, 0.3) is 0 Å². The van der Waals surface area contributed by atoms with Crippen molar-refractivity contribution < 1.29 is 13.2 Å². The molecule has 8 nitrogen and oxygen atoms in total. The second kappa shape index (κ2) is 7.90. The molecule has 10 heteroatoms. The molecule has 1 aliphatic rings. The van der Waals surface area contributed by atoms with Crippen LogP contribution in [0.5, 0.6) is 0 Å². The highest BCUT2D eigenvalue weighted by Crippen LogP contribution is 2.28. The molecule has 2 aromatic heterocycles. The molecule has 0 aliphatic carbocycles. The normalized spacial score (nSPS) is 18.2. The molecule has 1 saturated heterocycles. The lowest BCUT2D eigenvalue weighted by Crippen LogP contribution is -2.45. The molecule has 1 aromatic carbocycles. The van der Waals surface area contributed by atoms with Crippen LogP contribution in [0.3, 0.4) is 0 Å². The highest BCUT2D eigenvalue weighted by molar-refractivity contribution is 7.89. The minimum atomic E-state index is -3.74. The van der Waals surface area contributed by atoms with Crippen molar-refractivity contribution >= 4 is 38.7 Å². The fourth-order valence-electron chi connectivity index (χ4n) is 3.34. The third-order valence-corrected chi connectivity index (χ3v) is 7.25. The lowest BCUT2D eigenvalue weighted by molar-refractivity contribution is -0.126. The number of pyridine rings is 1. The maximum Gasteiger partial charge on any atom is 0.245 e. The SMILES string of the molecule is O=C(NCc1cccnc1)[C@@H]1CCCN(S(=O)(=O)c2cccc3nsnc23)C1. The first-order valence-corrected chi connectivity index (χ1v) is 11.1. The number of carbonyl (C=O) groups excluding carboxylic acids is 1. The Morgan fingerprint density at radius 2 is 2.14 bits per heavy atom. The molecule has 0 spiro atoms. The molecule has 1 amide bonds. The van der Waals surface area contributed by atoms with Crippen LogP contribution in [0.25, 0.3) is 11.0 Å². The second-order valence-corrected chi connectivity index (χ2v) is 9.10. The second-order valence-electron chi connectivity index (χ2n) is 6.67. The first-order chi connectivity index (χ1) is 13.6. The molecule has 0 bridgehead atoms. The van der Waals surface area contributed by atoms with Crippen molar-refractivity contribution in [2.75, 3.05) is 13.1 Å². The van der Waals surface area contributed by atoms with Gasteiger partial charge in [-0.3, -0.25) is 9.78 Å². The average Bonchev–Trinajstić information content (AvgIpc) is 3.21. The van der Waals surface area contributed by atoms with Gasteiger partial charge in [-0.1, -0.05) is 12.1 Å². The number of carbonyl (C=O) groups is 1. The summed E-state index contributed by atoms with van der Waals surface area (Å²) in [7, 11) is -3.74. The molecular formula is C18H19N5O3S2. The first kappa shape index (κ1) is 18.9. The summed E-state index contributed by atoms with van der Waals surface area (Å²) in [6.07, 6.45) is 4.66. The number of nitrogens with zero attached hydrogens (tertiary/aromatic N) is 4. The summed E-state index contributed by atoms with van der Waals surface area (Å²) >= 11 is 0.988. The van der Waals surface area contributed by atoms with Gasteiger partial charge in [-0.25, -0.2) is 8.42 Å². The summed E-state index contributed by atoms with van der Waals surface area (Å²) in [5, 5.41) is 2.88. The molecule has 1 fully saturated rings. The fraction of sp³-hybridized carbons (Fsp3) is 0.333. The van der Waals surface area contributed by atoms with Crippen LogP contribution in [-0.4, -0.2) is 45.5 Å². The third kappa shape index (κ3) is 3.75. The van der Waals surface area contributed by atoms with Crippen LogP contribution in [0.15, 0.2) is 47.6 Å². The summed E-state index contributed by atoms with van der Waals surface area (Å²) in [4.78, 5) is 16.8. The van der Waals surface area contributed by atoms with Crippen LogP contribution in [0.4, 0.5) is 0 Å². The number of rotatable bonds is 5. The summed E-state index contributed by atoms with van der Waals surface area (Å²) in [6, 6.07) is 8.64. The Kier molecular flexibility index (Phi) is 5.33. The van der Waals surface area contributed by atoms with E-state index in [4.69, 9.17) is 0 Å². The summed E-state index contributed by atoms with van der Waals surface area (Å²) in [5.41, 5.74) is 1.85. The molecule has 1 N–H and O–H groups in total. The Labute approximate surface area is 167 Å². The molecule has 1 aliphatic heterocycles. The van der Waals surface area contributed by atoms with Gasteiger partial charge < -0.3 is 5.32 Å². The van der Waals surface area contributed by atoms with Crippen molar-refractivity contribution in [3.63, 3.8) is 0 Å². The highest BCUT2D eigenvalue weighted by Gasteiger charge is 2.34. The van der Waals surface area contributed by atoms with Crippen molar-refractivity contribution in [3.8, 4) is 0 Å². The van der Waals surface area contributed by atoms with Crippen LogP contribution in [0.2, 0.25) is 0 Å². The van der Waals surface area contributed by atoms with E-state index in [1.807, 2.05) is 12.1 Å². The molecule has 4 rings (SSSR count). The van der Waals surface area contributed by atoms with Crippen molar-refractivity contribution in [2.24, 2.45) is 5.92 Å². The lowest BCUT2D eigenvalue weighted by Gasteiger charge is -2.31. The molecule has 28 heavy (non-hydrogen) atoms. The van der Waals surface area contributed by atoms with E-state index >= 15 is 0 Å². The zero-order chi connectivity index (χ0) is 19.6. The largest absolute Gasteiger partial charge is 0.352 e. The Bertz CT molecular complexity index is 1080. The van der Waals surface area contributed by atoms with Crippen molar-refractivity contribution in [2.45, 2.75) is 24.3 Å². The molecule has 146 valence electrons. The van der Waals surface area contributed by atoms with Gasteiger partial charge >= 0.3 is 0 Å². The molecule has 1 atom stereocenters. The predicted octanol–water partition coefficient (Wildman–Crippen LogP) is 1.80. The van der Waals surface area contributed by atoms with Crippen molar-refractivity contribution in [1.29, 1.82) is 0 Å². The van der Waals surface area contributed by atoms with Crippen molar-refractivity contribution in [3.05, 3.63) is 48.3 Å². The number of nitrogens with one attached hydrogen (secondary N) is 1. The Balaban J connectivity index is 1.48. The maximum atomic E-state index is 13.2. The van der Waals surface area contributed by atoms with Gasteiger partial charge in [0, 0.05) is 32.0 Å². The molecule has 3 aromatic rings. The van der Waals surface area contributed by atoms with Crippen LogP contribution >= 0.6 is 11.7 Å². The van der Waals surface area contributed by atoms with Gasteiger partial charge in [-0.05, 0) is 36.6 Å². The summed E-state index contributed by atoms with van der Waals surface area (Å²) < 4.78 is 36.0. The van der Waals surface area contributed by atoms with E-state index in [-0.39, 0.29) is 23.3 Å². The number of piperidine rings is 1. The van der Waals surface area contributed by atoms with Crippen LogP contribution in [0.1, 0.15) is 18.4 Å². The van der Waals surface area contributed by atoms with E-state index in [0.29, 0.717) is 37.0 Å². The smallest absolute Gasteiger partial charge is 0.245 e. The topological polar surface area (TPSA) is 105 Å². The van der Waals surface area contributed by atoms with Gasteiger partial charge in [-0.2, -0.15) is 13.1 Å². The van der Waals surface area contributed by atoms with Crippen molar-refractivity contribution in [1.82, 2.24) is 23.4 Å². The van der Waals surface area contributed by atoms with Gasteiger partial charge in [0.2, 0.25) is 15.9 Å². The molecule has 3 heterocycles. The molecule has 0 saturated carbocycles. The predicted molar refractivity (Wildman–Crippen MR) is 105 cm³/mol. The average molecular weight is 418 g/mol. The molecule has 0 unspecified atom stereocenters. The number of benzene rings is 1. The Morgan fingerprint density at radius 3 is 2.96 bits per heavy atom. The van der Waals surface area contributed by atoms with Crippen LogP contribution in [-0.2, 0) is 21.4 Å². The van der Waals surface area contributed by atoms with E-state index in [9.17, 15) is 13.2 Å². The Hall–Kier alpha value is -2.43. The van der Waals surface area contributed by atoms with E-state index in [0.717, 1.165) is 17.3 Å². The van der Waals surface area contributed by atoms with Gasteiger partial charge in [0.1, 0.15) is 15.9 Å². The van der Waals surface area contributed by atoms with E-state index in [1.54, 1.807) is 30.6 Å². The lowest BCUT2D eigenvalue weighted by atomic mass is 9.99. The quantitative estimate of drug-likeness (QED) is 0.679. The number of sulfonamides is 1. The van der Waals surface area contributed by atoms with E-state index in [2.05, 4.69) is 19.0 Å². The summed E-state index contributed by atoms with van der Waals surface area (Å²) in [6.45, 7) is 0.928. The number of aromatic nitrogens is 3. The van der Waals surface area contributed by atoms with Gasteiger partial charge in [0.15, 0.2) is 0 Å². The van der Waals surface area contributed by atoms with E-state index in [1.165, 1.54) is 4.31 Å². The molecule has 0 radical (unpaired) electrons. The first-order valence-electron chi connectivity index (χ1n) is 8.94. The zero-order valence-electron chi connectivity index (χ0n) is 15.0. The fourth-order valence-corrected chi connectivity index (χ4v) is 5.62. The van der Waals surface area contributed by atoms with Gasteiger partial charge in [-0.15, -0.1) is 0 Å². The maximum absolute atomic E-state index is 13.2. The van der Waals surface area contributed by atoms with Gasteiger partial charge in [0.05, 0.1) is 17.6 Å². The minimum absolute atomic E-state index is 0.141. The van der Waals surface area contributed by atoms with E-state index < -0.39 is 10.0 Å². The minimum Gasteiger partial charge on any atom is -0.352 e. The van der Waals surface area contributed by atoms with Crippen LogP contribution in [0, 0.1) is 5.92 Å². The number of amides is 1. The number of fused-ring (bicyclic) bond motifs is 1. The summed E-state index contributed by atoms with van der Waals surface area (Å²) in [5.74, 6) is -0.523. The molecular weight excluding hydrogens is 398 g/mol. The highest BCUT2D eigenvalue weighted by atomic mass is 32.2. The van der Waals surface area contributed by atoms with Crippen LogP contribution < -0.4 is 5.32 Å². The number of hydrogen-bond acceptors (Lipinski definition) is 7. The Morgan fingerprint density at radius 1 is 1.25 bits per heavy atom. The standard InChI is InChI=1S/C18H19N5O3S2/c24-18(20-11-13-4-2-8-19-10-13)14-5-3-9-23(12-14)28(25,26)16-7-1-6-15-17(16)22-27-21-15/h1-2,4,6-8,10,14H,3,5,9,11-12H2,(H,20,24)/t14-/m1/s1. The monoisotopic (exact) mass is 417 g/mol. The third-order valence-electron chi connectivity index (χ3n) is 4.81. The zero-order valence-corrected chi connectivity index (χ0v) is 16.6.